The van der Waals surface area contributed by atoms with E-state index in [1.807, 2.05) is 5.32 Å². The molecule has 2 aromatic carbocycles. The summed E-state index contributed by atoms with van der Waals surface area (Å²) in [5, 5.41) is 4.22. The molecule has 0 aliphatic carbocycles. The van der Waals surface area contributed by atoms with Gasteiger partial charge in [0.1, 0.15) is 5.82 Å². The Labute approximate surface area is 128 Å². The van der Waals surface area contributed by atoms with Gasteiger partial charge in [-0.2, -0.15) is 0 Å². The molecular weight excluding hydrogens is 316 g/mol. The standard InChI is InChI=1S/C15H10F4N2O2/c16-9-3-1-2-4-11(9)21-12(22)7-20-15(23)8-5-6-10(17)14(19)13(8)18/h1-6H,7H2,(H,20,23)(H,21,22). The maximum absolute atomic E-state index is 13.4. The Kier molecular flexibility index (Phi) is 4.95. The number of para-hydroxylation sites is 1. The number of carbonyl (C=O) groups excluding carboxylic acids is 2. The van der Waals surface area contributed by atoms with Crippen molar-refractivity contribution in [3.63, 3.8) is 0 Å². The molecule has 23 heavy (non-hydrogen) atoms. The molecule has 0 aliphatic rings. The molecule has 0 fully saturated rings. The van der Waals surface area contributed by atoms with E-state index >= 15 is 0 Å². The summed E-state index contributed by atoms with van der Waals surface area (Å²) in [4.78, 5) is 23.2. The van der Waals surface area contributed by atoms with Crippen LogP contribution in [0.2, 0.25) is 0 Å². The van der Waals surface area contributed by atoms with Crippen molar-refractivity contribution in [1.82, 2.24) is 5.32 Å². The van der Waals surface area contributed by atoms with Gasteiger partial charge in [0, 0.05) is 0 Å². The molecule has 2 rings (SSSR count). The number of carbonyl (C=O) groups is 2. The first kappa shape index (κ1) is 16.5. The van der Waals surface area contributed by atoms with Crippen LogP contribution in [0.25, 0.3) is 0 Å². The van der Waals surface area contributed by atoms with Crippen molar-refractivity contribution in [1.29, 1.82) is 0 Å². The van der Waals surface area contributed by atoms with Gasteiger partial charge in [0.15, 0.2) is 17.5 Å². The average Bonchev–Trinajstić information content (AvgIpc) is 2.53. The van der Waals surface area contributed by atoms with Crippen molar-refractivity contribution >= 4 is 17.5 Å². The monoisotopic (exact) mass is 326 g/mol. The molecule has 0 heterocycles. The highest BCUT2D eigenvalue weighted by molar-refractivity contribution is 5.99. The third-order valence-corrected chi connectivity index (χ3v) is 2.84. The fourth-order valence-corrected chi connectivity index (χ4v) is 1.71. The van der Waals surface area contributed by atoms with Crippen molar-refractivity contribution < 1.29 is 27.2 Å². The lowest BCUT2D eigenvalue weighted by molar-refractivity contribution is -0.115. The number of rotatable bonds is 4. The van der Waals surface area contributed by atoms with Crippen molar-refractivity contribution in [2.45, 2.75) is 0 Å². The molecule has 120 valence electrons. The SMILES string of the molecule is O=C(CNC(=O)c1ccc(F)c(F)c1F)Nc1ccccc1F. The number of hydrogen-bond donors (Lipinski definition) is 2. The van der Waals surface area contributed by atoms with Crippen LogP contribution in [0.5, 0.6) is 0 Å². The second kappa shape index (κ2) is 6.91. The molecule has 0 bridgehead atoms. The predicted molar refractivity (Wildman–Crippen MR) is 73.7 cm³/mol. The quantitative estimate of drug-likeness (QED) is 0.670. The van der Waals surface area contributed by atoms with Crippen LogP contribution in [-0.2, 0) is 4.79 Å². The lowest BCUT2D eigenvalue weighted by atomic mass is 10.2. The molecule has 8 heteroatoms. The van der Waals surface area contributed by atoms with Crippen LogP contribution in [-0.4, -0.2) is 18.4 Å². The lowest BCUT2D eigenvalue weighted by Crippen LogP contribution is -2.33. The number of nitrogens with one attached hydrogen (secondary N) is 2. The van der Waals surface area contributed by atoms with E-state index in [1.165, 1.54) is 18.2 Å². The second-order valence-electron chi connectivity index (χ2n) is 4.43. The fourth-order valence-electron chi connectivity index (χ4n) is 1.71. The Morgan fingerprint density at radius 3 is 2.26 bits per heavy atom. The van der Waals surface area contributed by atoms with Gasteiger partial charge < -0.3 is 10.6 Å². The summed E-state index contributed by atoms with van der Waals surface area (Å²) >= 11 is 0. The highest BCUT2D eigenvalue weighted by Crippen LogP contribution is 2.15. The number of anilines is 1. The molecule has 0 aliphatic heterocycles. The first-order valence-electron chi connectivity index (χ1n) is 6.36. The molecule has 2 N–H and O–H groups in total. The minimum atomic E-state index is -1.78. The van der Waals surface area contributed by atoms with Crippen molar-refractivity contribution in [3.05, 3.63) is 65.2 Å². The van der Waals surface area contributed by atoms with Crippen LogP contribution in [0.4, 0.5) is 23.2 Å². The molecule has 0 aromatic heterocycles. The zero-order valence-electron chi connectivity index (χ0n) is 11.5. The van der Waals surface area contributed by atoms with Gasteiger partial charge in [0.05, 0.1) is 17.8 Å². The van der Waals surface area contributed by atoms with Crippen molar-refractivity contribution in [2.75, 3.05) is 11.9 Å². The van der Waals surface area contributed by atoms with E-state index in [0.717, 1.165) is 12.1 Å². The van der Waals surface area contributed by atoms with Crippen LogP contribution in [0, 0.1) is 23.3 Å². The van der Waals surface area contributed by atoms with E-state index in [9.17, 15) is 27.2 Å². The smallest absolute Gasteiger partial charge is 0.254 e. The predicted octanol–water partition coefficient (Wildman–Crippen LogP) is 2.61. The van der Waals surface area contributed by atoms with Gasteiger partial charge in [0.25, 0.3) is 5.91 Å². The summed E-state index contributed by atoms with van der Waals surface area (Å²) in [6, 6.07) is 6.70. The van der Waals surface area contributed by atoms with E-state index in [2.05, 4.69) is 5.32 Å². The third-order valence-electron chi connectivity index (χ3n) is 2.84. The summed E-state index contributed by atoms with van der Waals surface area (Å²) in [6.45, 7) is -0.606. The summed E-state index contributed by atoms with van der Waals surface area (Å²) in [6.07, 6.45) is 0. The highest BCUT2D eigenvalue weighted by atomic mass is 19.2. The topological polar surface area (TPSA) is 58.2 Å². The molecule has 0 radical (unpaired) electrons. The summed E-state index contributed by atoms with van der Waals surface area (Å²) < 4.78 is 52.5. The molecule has 0 saturated heterocycles. The summed E-state index contributed by atoms with van der Waals surface area (Å²) in [5.74, 6) is -7.42. The highest BCUT2D eigenvalue weighted by Gasteiger charge is 2.19. The fraction of sp³-hybridized carbons (Fsp3) is 0.0667. The van der Waals surface area contributed by atoms with Gasteiger partial charge in [-0.05, 0) is 24.3 Å². The molecule has 0 unspecified atom stereocenters. The van der Waals surface area contributed by atoms with Gasteiger partial charge in [-0.3, -0.25) is 9.59 Å². The lowest BCUT2D eigenvalue weighted by Gasteiger charge is -2.08. The number of hydrogen-bond acceptors (Lipinski definition) is 2. The Balaban J connectivity index is 1.98. The maximum Gasteiger partial charge on any atom is 0.254 e. The first-order chi connectivity index (χ1) is 10.9. The summed E-state index contributed by atoms with van der Waals surface area (Å²) in [7, 11) is 0. The van der Waals surface area contributed by atoms with Crippen molar-refractivity contribution in [3.8, 4) is 0 Å². The van der Waals surface area contributed by atoms with Crippen LogP contribution >= 0.6 is 0 Å². The van der Waals surface area contributed by atoms with Gasteiger partial charge in [0.2, 0.25) is 5.91 Å². The van der Waals surface area contributed by atoms with Crippen LogP contribution in [0.1, 0.15) is 10.4 Å². The zero-order valence-corrected chi connectivity index (χ0v) is 11.5. The Bertz CT molecular complexity index is 765. The van der Waals surface area contributed by atoms with Crippen molar-refractivity contribution in [2.24, 2.45) is 0 Å². The Hall–Kier alpha value is -2.90. The second-order valence-corrected chi connectivity index (χ2v) is 4.43. The van der Waals surface area contributed by atoms with E-state index in [1.54, 1.807) is 0 Å². The Morgan fingerprint density at radius 1 is 0.870 bits per heavy atom. The average molecular weight is 326 g/mol. The molecule has 2 amide bonds. The van der Waals surface area contributed by atoms with E-state index in [4.69, 9.17) is 0 Å². The molecule has 4 nitrogen and oxygen atoms in total. The van der Waals surface area contributed by atoms with Gasteiger partial charge in [-0.15, -0.1) is 0 Å². The third kappa shape index (κ3) is 3.85. The van der Waals surface area contributed by atoms with Gasteiger partial charge >= 0.3 is 0 Å². The zero-order chi connectivity index (χ0) is 17.0. The summed E-state index contributed by atoms with van der Waals surface area (Å²) in [5.41, 5.74) is -0.839. The minimum absolute atomic E-state index is 0.0919. The normalized spacial score (nSPS) is 10.3. The largest absolute Gasteiger partial charge is 0.343 e. The number of halogens is 4. The molecular formula is C15H10F4N2O2. The molecule has 0 spiro atoms. The van der Waals surface area contributed by atoms with Crippen LogP contribution in [0.3, 0.4) is 0 Å². The Morgan fingerprint density at radius 2 is 1.57 bits per heavy atom. The van der Waals surface area contributed by atoms with E-state index in [0.29, 0.717) is 6.07 Å². The van der Waals surface area contributed by atoms with E-state index in [-0.39, 0.29) is 5.69 Å². The molecule has 0 saturated carbocycles. The maximum atomic E-state index is 13.4. The van der Waals surface area contributed by atoms with E-state index < -0.39 is 47.2 Å². The number of amides is 2. The first-order valence-corrected chi connectivity index (χ1v) is 6.36. The van der Waals surface area contributed by atoms with Crippen LogP contribution < -0.4 is 10.6 Å². The van der Waals surface area contributed by atoms with Gasteiger partial charge in [-0.1, -0.05) is 12.1 Å². The van der Waals surface area contributed by atoms with Gasteiger partial charge in [-0.25, -0.2) is 17.6 Å². The minimum Gasteiger partial charge on any atom is -0.343 e. The molecule has 0 atom stereocenters. The van der Waals surface area contributed by atoms with Crippen LogP contribution in [0.15, 0.2) is 36.4 Å². The molecule has 2 aromatic rings. The number of benzene rings is 2.